The SMILES string of the molecule is C[SiH2]C1(C)CCCC(Cl)=C1Cl. The first-order valence-electron chi connectivity index (χ1n) is 4.15. The van der Waals surface area contributed by atoms with Gasteiger partial charge in [0.1, 0.15) is 0 Å². The molecule has 0 aromatic carbocycles. The zero-order chi connectivity index (χ0) is 8.48. The molecule has 1 aliphatic rings. The molecule has 1 atom stereocenters. The van der Waals surface area contributed by atoms with E-state index in [0.29, 0.717) is 5.04 Å². The molecule has 0 saturated heterocycles. The highest BCUT2D eigenvalue weighted by Crippen LogP contribution is 2.48. The highest BCUT2D eigenvalue weighted by Gasteiger charge is 2.31. The van der Waals surface area contributed by atoms with Gasteiger partial charge in [-0.1, -0.05) is 36.7 Å². The minimum absolute atomic E-state index is 0.0818. The second kappa shape index (κ2) is 3.50. The summed E-state index contributed by atoms with van der Waals surface area (Å²) in [7, 11) is -0.0818. The van der Waals surface area contributed by atoms with Crippen molar-refractivity contribution < 1.29 is 0 Å². The summed E-state index contributed by atoms with van der Waals surface area (Å²) in [5.74, 6) is 0. The normalized spacial score (nSPS) is 33.8. The van der Waals surface area contributed by atoms with E-state index in [4.69, 9.17) is 23.2 Å². The zero-order valence-corrected chi connectivity index (χ0v) is 10.0. The summed E-state index contributed by atoms with van der Waals surface area (Å²) in [6, 6.07) is 0. The molecule has 0 radical (unpaired) electrons. The van der Waals surface area contributed by atoms with Crippen LogP contribution in [0.25, 0.3) is 0 Å². The molecule has 1 aliphatic carbocycles. The number of halogens is 2. The molecule has 0 N–H and O–H groups in total. The van der Waals surface area contributed by atoms with Crippen molar-refractivity contribution in [1.29, 1.82) is 0 Å². The molecule has 0 bridgehead atoms. The highest BCUT2D eigenvalue weighted by atomic mass is 35.5. The van der Waals surface area contributed by atoms with Gasteiger partial charge >= 0.3 is 0 Å². The molecule has 1 unspecified atom stereocenters. The molecule has 0 aliphatic heterocycles. The Balaban J connectivity index is 2.90. The first-order chi connectivity index (χ1) is 5.10. The average molecular weight is 209 g/mol. The maximum Gasteiger partial charge on any atom is 0.0351 e. The highest BCUT2D eigenvalue weighted by molar-refractivity contribution is 6.49. The van der Waals surface area contributed by atoms with Crippen LogP contribution in [0.5, 0.6) is 0 Å². The van der Waals surface area contributed by atoms with Crippen LogP contribution in [0.2, 0.25) is 11.6 Å². The lowest BCUT2D eigenvalue weighted by molar-refractivity contribution is 0.583. The van der Waals surface area contributed by atoms with Gasteiger partial charge in [0.2, 0.25) is 0 Å². The van der Waals surface area contributed by atoms with E-state index in [1.807, 2.05) is 0 Å². The quantitative estimate of drug-likeness (QED) is 0.581. The van der Waals surface area contributed by atoms with Crippen molar-refractivity contribution in [2.45, 2.75) is 37.8 Å². The first-order valence-corrected chi connectivity index (χ1v) is 7.02. The lowest BCUT2D eigenvalue weighted by Gasteiger charge is -2.32. The molecule has 0 spiro atoms. The molecule has 11 heavy (non-hydrogen) atoms. The fourth-order valence-electron chi connectivity index (χ4n) is 1.51. The van der Waals surface area contributed by atoms with Gasteiger partial charge in [0.05, 0.1) is 0 Å². The molecule has 0 saturated carbocycles. The van der Waals surface area contributed by atoms with Crippen LogP contribution in [0.1, 0.15) is 26.2 Å². The Kier molecular flexibility index (Phi) is 3.07. The predicted octanol–water partition coefficient (Wildman–Crippen LogP) is 3.26. The standard InChI is InChI=1S/C8H14Cl2Si/c1-8(11-2)5-3-4-6(9)7(8)10/h3-5,11H2,1-2H3. The third kappa shape index (κ3) is 1.82. The van der Waals surface area contributed by atoms with E-state index in [0.717, 1.165) is 16.5 Å². The topological polar surface area (TPSA) is 0 Å². The van der Waals surface area contributed by atoms with Gasteiger partial charge in [-0.2, -0.15) is 0 Å². The van der Waals surface area contributed by atoms with Crippen LogP contribution in [0.4, 0.5) is 0 Å². The van der Waals surface area contributed by atoms with Gasteiger partial charge < -0.3 is 0 Å². The molecule has 0 amide bonds. The van der Waals surface area contributed by atoms with Gasteiger partial charge in [0, 0.05) is 19.6 Å². The average Bonchev–Trinajstić information content (AvgIpc) is 2.00. The molecule has 0 aromatic heterocycles. The Bertz CT molecular complexity index is 189. The first kappa shape index (κ1) is 9.62. The number of hydrogen-bond donors (Lipinski definition) is 0. The van der Waals surface area contributed by atoms with Gasteiger partial charge in [0.25, 0.3) is 0 Å². The molecular weight excluding hydrogens is 195 g/mol. The van der Waals surface area contributed by atoms with Crippen LogP contribution in [0.3, 0.4) is 0 Å². The van der Waals surface area contributed by atoms with E-state index in [1.54, 1.807) is 0 Å². The maximum atomic E-state index is 6.16. The zero-order valence-electron chi connectivity index (χ0n) is 7.08. The lowest BCUT2D eigenvalue weighted by atomic mass is 9.96. The molecule has 0 fully saturated rings. The van der Waals surface area contributed by atoms with Crippen LogP contribution < -0.4 is 0 Å². The summed E-state index contributed by atoms with van der Waals surface area (Å²) in [4.78, 5) is 0. The van der Waals surface area contributed by atoms with E-state index >= 15 is 0 Å². The van der Waals surface area contributed by atoms with Gasteiger partial charge in [-0.3, -0.25) is 0 Å². The van der Waals surface area contributed by atoms with Gasteiger partial charge in [0.15, 0.2) is 0 Å². The second-order valence-electron chi connectivity index (χ2n) is 3.49. The van der Waals surface area contributed by atoms with E-state index in [2.05, 4.69) is 13.5 Å². The minimum Gasteiger partial charge on any atom is -0.0879 e. The Labute approximate surface area is 80.8 Å². The van der Waals surface area contributed by atoms with E-state index in [-0.39, 0.29) is 9.52 Å². The summed E-state index contributed by atoms with van der Waals surface area (Å²) >= 11 is 12.2. The molecule has 0 nitrogen and oxygen atoms in total. The summed E-state index contributed by atoms with van der Waals surface area (Å²) in [6.45, 7) is 4.56. The Morgan fingerprint density at radius 3 is 2.55 bits per heavy atom. The van der Waals surface area contributed by atoms with Gasteiger partial charge in [-0.05, 0) is 24.3 Å². The molecule has 3 heteroatoms. The fourth-order valence-corrected chi connectivity index (χ4v) is 3.70. The number of rotatable bonds is 1. The smallest absolute Gasteiger partial charge is 0.0351 e. The van der Waals surface area contributed by atoms with E-state index < -0.39 is 0 Å². The van der Waals surface area contributed by atoms with Crippen molar-refractivity contribution >= 4 is 32.7 Å². The van der Waals surface area contributed by atoms with E-state index in [9.17, 15) is 0 Å². The third-order valence-corrected chi connectivity index (χ3v) is 6.32. The van der Waals surface area contributed by atoms with Crippen molar-refractivity contribution in [3.8, 4) is 0 Å². The summed E-state index contributed by atoms with van der Waals surface area (Å²) in [5.41, 5.74) is 0. The third-order valence-electron chi connectivity index (χ3n) is 2.67. The molecule has 0 aromatic rings. The molecule has 0 heterocycles. The fraction of sp³-hybridized carbons (Fsp3) is 0.750. The monoisotopic (exact) mass is 208 g/mol. The summed E-state index contributed by atoms with van der Waals surface area (Å²) in [6.07, 6.45) is 3.45. The van der Waals surface area contributed by atoms with Crippen LogP contribution in [0, 0.1) is 0 Å². The van der Waals surface area contributed by atoms with Crippen LogP contribution >= 0.6 is 23.2 Å². The summed E-state index contributed by atoms with van der Waals surface area (Å²) in [5, 5.41) is 2.17. The van der Waals surface area contributed by atoms with Crippen LogP contribution in [-0.4, -0.2) is 9.52 Å². The maximum absolute atomic E-state index is 6.16. The number of allylic oxidation sites excluding steroid dienone is 2. The van der Waals surface area contributed by atoms with E-state index in [1.165, 1.54) is 12.8 Å². The van der Waals surface area contributed by atoms with Crippen molar-refractivity contribution in [3.63, 3.8) is 0 Å². The minimum atomic E-state index is -0.0818. The molecular formula is C8H14Cl2Si. The van der Waals surface area contributed by atoms with Gasteiger partial charge in [-0.25, -0.2) is 0 Å². The number of hydrogen-bond acceptors (Lipinski definition) is 0. The Morgan fingerprint density at radius 2 is 2.09 bits per heavy atom. The van der Waals surface area contributed by atoms with Crippen molar-refractivity contribution in [2.24, 2.45) is 0 Å². The van der Waals surface area contributed by atoms with Crippen molar-refractivity contribution in [1.82, 2.24) is 0 Å². The summed E-state index contributed by atoms with van der Waals surface area (Å²) < 4.78 is 0. The molecule has 64 valence electrons. The Hall–Kier alpha value is 0.537. The second-order valence-corrected chi connectivity index (χ2v) is 6.59. The van der Waals surface area contributed by atoms with Crippen molar-refractivity contribution in [3.05, 3.63) is 10.1 Å². The van der Waals surface area contributed by atoms with Crippen LogP contribution in [0.15, 0.2) is 10.1 Å². The van der Waals surface area contributed by atoms with Crippen LogP contribution in [-0.2, 0) is 0 Å². The Morgan fingerprint density at radius 1 is 1.45 bits per heavy atom. The van der Waals surface area contributed by atoms with Crippen molar-refractivity contribution in [2.75, 3.05) is 0 Å². The van der Waals surface area contributed by atoms with Gasteiger partial charge in [-0.15, -0.1) is 0 Å². The lowest BCUT2D eigenvalue weighted by Crippen LogP contribution is -2.18. The predicted molar refractivity (Wildman–Crippen MR) is 55.4 cm³/mol. The largest absolute Gasteiger partial charge is 0.0879 e. The molecule has 1 rings (SSSR count).